The molecule has 1 saturated carbocycles. The van der Waals surface area contributed by atoms with Gasteiger partial charge in [0.1, 0.15) is 6.17 Å². The van der Waals surface area contributed by atoms with Gasteiger partial charge in [-0.3, -0.25) is 4.90 Å². The van der Waals surface area contributed by atoms with Crippen LogP contribution in [0.5, 0.6) is 0 Å². The van der Waals surface area contributed by atoms with E-state index in [-0.39, 0.29) is 12.1 Å². The Kier molecular flexibility index (Phi) is 7.12. The van der Waals surface area contributed by atoms with Crippen LogP contribution in [0.15, 0.2) is 0 Å². The summed E-state index contributed by atoms with van der Waals surface area (Å²) in [5.41, 5.74) is 0. The summed E-state index contributed by atoms with van der Waals surface area (Å²) in [7, 11) is 1.83. The van der Waals surface area contributed by atoms with E-state index in [4.69, 9.17) is 0 Å². The number of likely N-dealkylation sites (tertiary alicyclic amines) is 1. The second-order valence-corrected chi connectivity index (χ2v) is 5.17. The average Bonchev–Trinajstić information content (AvgIpc) is 2.41. The molecule has 0 radical (unpaired) electrons. The third kappa shape index (κ3) is 4.18. The van der Waals surface area contributed by atoms with Gasteiger partial charge in [-0.1, -0.05) is 13.8 Å². The number of aliphatic hydroxyl groups is 1. The van der Waals surface area contributed by atoms with E-state index in [2.05, 4.69) is 10.2 Å². The highest BCUT2D eigenvalue weighted by atomic mass is 19.1. The first-order valence-corrected chi connectivity index (χ1v) is 7.44. The number of alkyl halides is 1. The molecule has 4 unspecified atom stereocenters. The van der Waals surface area contributed by atoms with Crippen LogP contribution in [0, 0.1) is 0 Å². The molecule has 3 nitrogen and oxygen atoms in total. The van der Waals surface area contributed by atoms with Crippen LogP contribution in [0.3, 0.4) is 0 Å². The highest BCUT2D eigenvalue weighted by molar-refractivity contribution is 4.89. The van der Waals surface area contributed by atoms with Crippen LogP contribution < -0.4 is 5.32 Å². The Morgan fingerprint density at radius 2 is 1.94 bits per heavy atom. The second-order valence-electron chi connectivity index (χ2n) is 5.17. The number of halogens is 1. The van der Waals surface area contributed by atoms with Gasteiger partial charge in [0.2, 0.25) is 0 Å². The quantitative estimate of drug-likeness (QED) is 0.796. The predicted octanol–water partition coefficient (Wildman–Crippen LogP) is 1.95. The van der Waals surface area contributed by atoms with Crippen molar-refractivity contribution in [1.29, 1.82) is 0 Å². The molecular weight excluding hydrogens is 231 g/mol. The SMILES string of the molecule is CC.CNC1CCN(C2CCCC(O)C2)CC1F. The lowest BCUT2D eigenvalue weighted by Crippen LogP contribution is -2.53. The molecular formula is C14H29FN2O. The van der Waals surface area contributed by atoms with Gasteiger partial charge in [-0.15, -0.1) is 0 Å². The first-order valence-electron chi connectivity index (χ1n) is 7.44. The smallest absolute Gasteiger partial charge is 0.128 e. The van der Waals surface area contributed by atoms with E-state index in [0.29, 0.717) is 12.6 Å². The molecule has 108 valence electrons. The molecule has 4 heteroatoms. The molecule has 0 spiro atoms. The lowest BCUT2D eigenvalue weighted by molar-refractivity contribution is 0.0232. The number of rotatable bonds is 2. The molecule has 0 amide bonds. The molecule has 1 aliphatic carbocycles. The van der Waals surface area contributed by atoms with Crippen LogP contribution in [0.1, 0.15) is 46.0 Å². The molecule has 0 aromatic carbocycles. The molecule has 0 aromatic rings. The summed E-state index contributed by atoms with van der Waals surface area (Å²) in [6.45, 7) is 5.49. The van der Waals surface area contributed by atoms with Crippen LogP contribution in [0.25, 0.3) is 0 Å². The fourth-order valence-electron chi connectivity index (χ4n) is 3.06. The molecule has 2 N–H and O–H groups in total. The monoisotopic (exact) mass is 260 g/mol. The number of nitrogens with one attached hydrogen (secondary N) is 1. The van der Waals surface area contributed by atoms with Crippen LogP contribution in [-0.4, -0.2) is 54.5 Å². The zero-order valence-electron chi connectivity index (χ0n) is 12.0. The molecule has 4 atom stereocenters. The zero-order chi connectivity index (χ0) is 13.5. The van der Waals surface area contributed by atoms with Crippen molar-refractivity contribution < 1.29 is 9.50 Å². The van der Waals surface area contributed by atoms with Crippen molar-refractivity contribution in [2.75, 3.05) is 20.1 Å². The van der Waals surface area contributed by atoms with Crippen molar-refractivity contribution in [2.24, 2.45) is 0 Å². The van der Waals surface area contributed by atoms with E-state index in [0.717, 1.165) is 38.6 Å². The van der Waals surface area contributed by atoms with Crippen LogP contribution >= 0.6 is 0 Å². The van der Waals surface area contributed by atoms with Crippen LogP contribution in [0.2, 0.25) is 0 Å². The van der Waals surface area contributed by atoms with Gasteiger partial charge < -0.3 is 10.4 Å². The molecule has 18 heavy (non-hydrogen) atoms. The van der Waals surface area contributed by atoms with E-state index in [1.54, 1.807) is 0 Å². The van der Waals surface area contributed by atoms with E-state index in [1.165, 1.54) is 0 Å². The number of piperidine rings is 1. The highest BCUT2D eigenvalue weighted by Gasteiger charge is 2.33. The number of hydrogen-bond donors (Lipinski definition) is 2. The van der Waals surface area contributed by atoms with Crippen molar-refractivity contribution in [3.63, 3.8) is 0 Å². The molecule has 2 aliphatic rings. The largest absolute Gasteiger partial charge is 0.393 e. The average molecular weight is 260 g/mol. The molecule has 2 fully saturated rings. The number of hydrogen-bond acceptors (Lipinski definition) is 3. The highest BCUT2D eigenvalue weighted by Crippen LogP contribution is 2.26. The first kappa shape index (κ1) is 15.9. The van der Waals surface area contributed by atoms with Crippen LogP contribution in [0.4, 0.5) is 4.39 Å². The molecule has 1 saturated heterocycles. The van der Waals surface area contributed by atoms with E-state index in [1.807, 2.05) is 20.9 Å². The third-order valence-corrected chi connectivity index (χ3v) is 4.08. The fraction of sp³-hybridized carbons (Fsp3) is 1.00. The first-order chi connectivity index (χ1) is 8.70. The lowest BCUT2D eigenvalue weighted by Gasteiger charge is -2.41. The number of aliphatic hydroxyl groups excluding tert-OH is 1. The molecule has 0 aromatic heterocycles. The van der Waals surface area contributed by atoms with Gasteiger partial charge in [-0.05, 0) is 39.2 Å². The van der Waals surface area contributed by atoms with Crippen molar-refractivity contribution in [3.8, 4) is 0 Å². The van der Waals surface area contributed by atoms with Gasteiger partial charge in [0.15, 0.2) is 0 Å². The van der Waals surface area contributed by atoms with Gasteiger partial charge in [-0.25, -0.2) is 4.39 Å². The summed E-state index contributed by atoms with van der Waals surface area (Å²) >= 11 is 0. The molecule has 2 rings (SSSR count). The predicted molar refractivity (Wildman–Crippen MR) is 73.5 cm³/mol. The Labute approximate surface area is 111 Å². The topological polar surface area (TPSA) is 35.5 Å². The van der Waals surface area contributed by atoms with Crippen molar-refractivity contribution >= 4 is 0 Å². The van der Waals surface area contributed by atoms with E-state index < -0.39 is 6.17 Å². The standard InChI is InChI=1S/C12H23FN2O.C2H6/c1-14-12-5-6-15(8-11(12)13)9-3-2-4-10(16)7-9;1-2/h9-12,14,16H,2-8H2,1H3;1-2H3. The van der Waals surface area contributed by atoms with Gasteiger partial charge in [-0.2, -0.15) is 0 Å². The normalized spacial score (nSPS) is 37.8. The molecule has 0 bridgehead atoms. The number of nitrogens with zero attached hydrogens (tertiary/aromatic N) is 1. The van der Waals surface area contributed by atoms with Crippen molar-refractivity contribution in [2.45, 2.75) is 70.3 Å². The lowest BCUT2D eigenvalue weighted by atomic mass is 9.90. The molecule has 1 aliphatic heterocycles. The minimum absolute atomic E-state index is 0.0183. The maximum Gasteiger partial charge on any atom is 0.128 e. The summed E-state index contributed by atoms with van der Waals surface area (Å²) in [5, 5.41) is 12.7. The maximum absolute atomic E-state index is 13.8. The van der Waals surface area contributed by atoms with Gasteiger partial charge >= 0.3 is 0 Å². The Morgan fingerprint density at radius 1 is 1.22 bits per heavy atom. The van der Waals surface area contributed by atoms with E-state index >= 15 is 0 Å². The Bertz CT molecular complexity index is 228. The van der Waals surface area contributed by atoms with Gasteiger partial charge in [0, 0.05) is 25.2 Å². The third-order valence-electron chi connectivity index (χ3n) is 4.08. The Balaban J connectivity index is 0.000000771. The molecule has 1 heterocycles. The summed E-state index contributed by atoms with van der Waals surface area (Å²) in [4.78, 5) is 2.24. The second kappa shape index (κ2) is 8.08. The Morgan fingerprint density at radius 3 is 2.50 bits per heavy atom. The summed E-state index contributed by atoms with van der Waals surface area (Å²) in [5.74, 6) is 0. The van der Waals surface area contributed by atoms with Crippen LogP contribution in [-0.2, 0) is 0 Å². The zero-order valence-corrected chi connectivity index (χ0v) is 12.0. The van der Waals surface area contributed by atoms with Gasteiger partial charge in [0.25, 0.3) is 0 Å². The maximum atomic E-state index is 13.8. The van der Waals surface area contributed by atoms with Gasteiger partial charge in [0.05, 0.1) is 6.10 Å². The summed E-state index contributed by atoms with van der Waals surface area (Å²) < 4.78 is 13.8. The fourth-order valence-corrected chi connectivity index (χ4v) is 3.06. The minimum Gasteiger partial charge on any atom is -0.393 e. The van der Waals surface area contributed by atoms with E-state index in [9.17, 15) is 9.50 Å². The summed E-state index contributed by atoms with van der Waals surface area (Å²) in [6, 6.07) is 0.421. The van der Waals surface area contributed by atoms with Crippen molar-refractivity contribution in [3.05, 3.63) is 0 Å². The van der Waals surface area contributed by atoms with Crippen molar-refractivity contribution in [1.82, 2.24) is 10.2 Å². The summed E-state index contributed by atoms with van der Waals surface area (Å²) in [6.07, 6.45) is 3.89. The minimum atomic E-state index is -0.766. The Hall–Kier alpha value is -0.190.